The highest BCUT2D eigenvalue weighted by Gasteiger charge is 2.19. The van der Waals surface area contributed by atoms with Crippen molar-refractivity contribution in [3.05, 3.63) is 11.0 Å². The second kappa shape index (κ2) is 10.8. The Morgan fingerprint density at radius 1 is 1.19 bits per heavy atom. The Morgan fingerprint density at radius 2 is 1.93 bits per heavy atom. The van der Waals surface area contributed by atoms with Gasteiger partial charge in [0.25, 0.3) is 0 Å². The summed E-state index contributed by atoms with van der Waals surface area (Å²) in [6.07, 6.45) is 2.14. The molecule has 2 aromatic heterocycles. The molecule has 0 radical (unpaired) electrons. The summed E-state index contributed by atoms with van der Waals surface area (Å²) in [5.41, 5.74) is 0.125. The molecule has 0 fully saturated rings. The summed E-state index contributed by atoms with van der Waals surface area (Å²) < 4.78 is 30.1. The van der Waals surface area contributed by atoms with Crippen molar-refractivity contribution in [2.45, 2.75) is 17.9 Å². The molecule has 0 aromatic carbocycles. The van der Waals surface area contributed by atoms with Crippen molar-refractivity contribution in [1.29, 1.82) is 0 Å². The lowest BCUT2D eigenvalue weighted by Crippen LogP contribution is -2.21. The number of nitrogens with one attached hydrogen (secondary N) is 2. The zero-order valence-corrected chi connectivity index (χ0v) is 17.2. The minimum Gasteiger partial charge on any atom is -0.376 e. The SMILES string of the molecule is CNc1nc(Cl)c(F)c2nc(SC)nc(NCCCOCC(OC)OC)c12. The van der Waals surface area contributed by atoms with E-state index in [2.05, 4.69) is 25.6 Å². The number of thioether (sulfide) groups is 1. The van der Waals surface area contributed by atoms with Gasteiger partial charge < -0.3 is 24.8 Å². The molecule has 2 aromatic rings. The number of aromatic nitrogens is 3. The number of halogens is 2. The summed E-state index contributed by atoms with van der Waals surface area (Å²) in [6.45, 7) is 1.42. The van der Waals surface area contributed by atoms with Gasteiger partial charge >= 0.3 is 0 Å². The third-order valence-corrected chi connectivity index (χ3v) is 4.48. The van der Waals surface area contributed by atoms with Crippen molar-refractivity contribution in [3.8, 4) is 0 Å². The predicted octanol–water partition coefficient (Wildman–Crippen LogP) is 3.02. The van der Waals surface area contributed by atoms with Crippen molar-refractivity contribution in [2.24, 2.45) is 0 Å². The summed E-state index contributed by atoms with van der Waals surface area (Å²) in [7, 11) is 4.79. The molecule has 0 aliphatic rings. The van der Waals surface area contributed by atoms with Gasteiger partial charge in [0.15, 0.2) is 22.4 Å². The zero-order chi connectivity index (χ0) is 19.8. The first kappa shape index (κ1) is 21.8. The normalized spacial score (nSPS) is 11.4. The molecule has 0 atom stereocenters. The van der Waals surface area contributed by atoms with Crippen molar-refractivity contribution >= 4 is 45.9 Å². The molecule has 0 spiro atoms. The summed E-state index contributed by atoms with van der Waals surface area (Å²) >= 11 is 7.20. The zero-order valence-electron chi connectivity index (χ0n) is 15.6. The lowest BCUT2D eigenvalue weighted by Gasteiger charge is -2.15. The van der Waals surface area contributed by atoms with Crippen LogP contribution in [0, 0.1) is 5.82 Å². The minimum absolute atomic E-state index is 0.125. The first-order valence-electron chi connectivity index (χ1n) is 8.21. The van der Waals surface area contributed by atoms with E-state index < -0.39 is 5.82 Å². The van der Waals surface area contributed by atoms with Crippen LogP contribution in [0.5, 0.6) is 0 Å². The van der Waals surface area contributed by atoms with E-state index in [1.807, 2.05) is 6.26 Å². The summed E-state index contributed by atoms with van der Waals surface area (Å²) in [6, 6.07) is 0. The maximum Gasteiger partial charge on any atom is 0.189 e. The van der Waals surface area contributed by atoms with Crippen LogP contribution in [0.2, 0.25) is 5.15 Å². The molecular weight excluding hydrogens is 397 g/mol. The van der Waals surface area contributed by atoms with Crippen LogP contribution in [0.3, 0.4) is 0 Å². The molecule has 0 unspecified atom stereocenters. The minimum atomic E-state index is -0.667. The van der Waals surface area contributed by atoms with E-state index in [4.69, 9.17) is 25.8 Å². The van der Waals surface area contributed by atoms with Crippen LogP contribution in [-0.4, -0.2) is 68.5 Å². The number of fused-ring (bicyclic) bond motifs is 1. The molecule has 0 bridgehead atoms. The second-order valence-electron chi connectivity index (χ2n) is 5.35. The number of methoxy groups -OCH3 is 2. The Kier molecular flexibility index (Phi) is 8.71. The van der Waals surface area contributed by atoms with Gasteiger partial charge in [-0.2, -0.15) is 0 Å². The third-order valence-electron chi connectivity index (χ3n) is 3.68. The monoisotopic (exact) mass is 419 g/mol. The van der Waals surface area contributed by atoms with Crippen molar-refractivity contribution in [1.82, 2.24) is 15.0 Å². The Bertz CT molecular complexity index is 767. The molecular formula is C16H23ClFN5O3S. The second-order valence-corrected chi connectivity index (χ2v) is 6.49. The number of ether oxygens (including phenoxy) is 3. The molecule has 2 N–H and O–H groups in total. The van der Waals surface area contributed by atoms with E-state index in [1.54, 1.807) is 21.3 Å². The van der Waals surface area contributed by atoms with Crippen LogP contribution in [0.1, 0.15) is 6.42 Å². The maximum atomic E-state index is 14.4. The van der Waals surface area contributed by atoms with Crippen molar-refractivity contribution in [3.63, 3.8) is 0 Å². The van der Waals surface area contributed by atoms with Crippen molar-refractivity contribution in [2.75, 3.05) is 57.9 Å². The summed E-state index contributed by atoms with van der Waals surface area (Å²) in [5, 5.41) is 6.77. The van der Waals surface area contributed by atoms with Crippen LogP contribution in [0.4, 0.5) is 16.0 Å². The number of nitrogens with zero attached hydrogens (tertiary/aromatic N) is 3. The fourth-order valence-electron chi connectivity index (χ4n) is 2.32. The van der Waals surface area contributed by atoms with E-state index in [0.717, 1.165) is 0 Å². The first-order chi connectivity index (χ1) is 13.0. The van der Waals surface area contributed by atoms with Crippen molar-refractivity contribution < 1.29 is 18.6 Å². The molecule has 0 amide bonds. The van der Waals surface area contributed by atoms with E-state index in [-0.39, 0.29) is 17.0 Å². The average Bonchev–Trinajstić information content (AvgIpc) is 2.69. The van der Waals surface area contributed by atoms with E-state index in [0.29, 0.717) is 48.4 Å². The van der Waals surface area contributed by atoms with Crippen LogP contribution < -0.4 is 10.6 Å². The fourth-order valence-corrected chi connectivity index (χ4v) is 2.86. The van der Waals surface area contributed by atoms with Gasteiger partial charge in [0.1, 0.15) is 17.2 Å². The van der Waals surface area contributed by atoms with E-state index >= 15 is 0 Å². The number of anilines is 2. The Hall–Kier alpha value is -1.46. The molecule has 11 heteroatoms. The maximum absolute atomic E-state index is 14.4. The van der Waals surface area contributed by atoms with Crippen LogP contribution in [0.15, 0.2) is 5.16 Å². The summed E-state index contributed by atoms with van der Waals surface area (Å²) in [4.78, 5) is 12.7. The molecule has 0 aliphatic heterocycles. The topological polar surface area (TPSA) is 90.4 Å². The Labute approximate surface area is 166 Å². The quantitative estimate of drug-likeness (QED) is 0.187. The largest absolute Gasteiger partial charge is 0.376 e. The standard InChI is InChI=1S/C16H23ClFN5O3S/c1-19-14-10-12(11(18)13(17)22-14)21-16(27-4)23-15(10)20-6-5-7-26-8-9(24-2)25-3/h9H,5-8H2,1-4H3,(H,19,22)(H,20,21,23). The van der Waals surface area contributed by atoms with Gasteiger partial charge in [-0.05, 0) is 12.7 Å². The number of pyridine rings is 1. The number of rotatable bonds is 11. The van der Waals surface area contributed by atoms with Gasteiger partial charge in [-0.3, -0.25) is 0 Å². The first-order valence-corrected chi connectivity index (χ1v) is 9.81. The molecule has 27 heavy (non-hydrogen) atoms. The fraction of sp³-hybridized carbons (Fsp3) is 0.562. The molecule has 8 nitrogen and oxygen atoms in total. The van der Waals surface area contributed by atoms with Gasteiger partial charge in [-0.1, -0.05) is 23.4 Å². The average molecular weight is 420 g/mol. The van der Waals surface area contributed by atoms with E-state index in [1.165, 1.54) is 11.8 Å². The third kappa shape index (κ3) is 5.52. The highest BCUT2D eigenvalue weighted by atomic mass is 35.5. The molecule has 0 saturated heterocycles. The Balaban J connectivity index is 2.12. The van der Waals surface area contributed by atoms with Crippen LogP contribution in [-0.2, 0) is 14.2 Å². The smallest absolute Gasteiger partial charge is 0.189 e. The van der Waals surface area contributed by atoms with Gasteiger partial charge in [0.2, 0.25) is 0 Å². The Morgan fingerprint density at radius 3 is 2.56 bits per heavy atom. The molecule has 2 rings (SSSR count). The lowest BCUT2D eigenvalue weighted by molar-refractivity contribution is -0.140. The summed E-state index contributed by atoms with van der Waals surface area (Å²) in [5.74, 6) is 0.231. The lowest BCUT2D eigenvalue weighted by atomic mass is 10.2. The highest BCUT2D eigenvalue weighted by Crippen LogP contribution is 2.33. The number of hydrogen-bond acceptors (Lipinski definition) is 9. The molecule has 2 heterocycles. The number of hydrogen-bond donors (Lipinski definition) is 2. The molecule has 0 saturated carbocycles. The molecule has 0 aliphatic carbocycles. The van der Waals surface area contributed by atoms with E-state index in [9.17, 15) is 4.39 Å². The van der Waals surface area contributed by atoms with Gasteiger partial charge in [-0.25, -0.2) is 19.3 Å². The van der Waals surface area contributed by atoms with Gasteiger partial charge in [-0.15, -0.1) is 0 Å². The van der Waals surface area contributed by atoms with Crippen LogP contribution in [0.25, 0.3) is 10.9 Å². The van der Waals surface area contributed by atoms with Crippen LogP contribution >= 0.6 is 23.4 Å². The highest BCUT2D eigenvalue weighted by molar-refractivity contribution is 7.98. The molecule has 150 valence electrons. The predicted molar refractivity (Wildman–Crippen MR) is 105 cm³/mol. The van der Waals surface area contributed by atoms with Gasteiger partial charge in [0.05, 0.1) is 12.0 Å². The van der Waals surface area contributed by atoms with Gasteiger partial charge in [0, 0.05) is 34.4 Å².